The molecule has 0 aromatic carbocycles. The number of nitrogens with one attached hydrogen (secondary N) is 1. The maximum absolute atomic E-state index is 5.70. The average molecular weight is 328 g/mol. The van der Waals surface area contributed by atoms with E-state index >= 15 is 0 Å². The quantitative estimate of drug-likeness (QED) is 0.779. The summed E-state index contributed by atoms with van der Waals surface area (Å²) in [6, 6.07) is 2.16. The molecule has 3 aromatic heterocycles. The number of anilines is 1. The summed E-state index contributed by atoms with van der Waals surface area (Å²) in [7, 11) is 0. The fraction of sp³-hybridized carbons (Fsp3) is 0.500. The predicted molar refractivity (Wildman–Crippen MR) is 86.9 cm³/mol. The fourth-order valence-corrected chi connectivity index (χ4v) is 3.14. The fourth-order valence-electron chi connectivity index (χ4n) is 3.14. The zero-order chi connectivity index (χ0) is 16.7. The molecule has 3 aromatic rings. The molecule has 0 radical (unpaired) electrons. The van der Waals surface area contributed by atoms with Gasteiger partial charge < -0.3 is 14.6 Å². The third kappa shape index (κ3) is 2.62. The van der Waals surface area contributed by atoms with Gasteiger partial charge >= 0.3 is 0 Å². The molecule has 24 heavy (non-hydrogen) atoms. The van der Waals surface area contributed by atoms with E-state index in [-0.39, 0.29) is 6.04 Å². The maximum Gasteiger partial charge on any atom is 0.200 e. The van der Waals surface area contributed by atoms with Crippen LogP contribution in [0.5, 0.6) is 0 Å². The van der Waals surface area contributed by atoms with Crippen molar-refractivity contribution < 1.29 is 9.26 Å². The highest BCUT2D eigenvalue weighted by Crippen LogP contribution is 2.27. The summed E-state index contributed by atoms with van der Waals surface area (Å²) >= 11 is 0. The van der Waals surface area contributed by atoms with Crippen LogP contribution in [0.4, 0.5) is 5.69 Å². The molecule has 4 heterocycles. The molecule has 0 amide bonds. The molecule has 1 saturated heterocycles. The van der Waals surface area contributed by atoms with Gasteiger partial charge in [0.2, 0.25) is 5.65 Å². The summed E-state index contributed by atoms with van der Waals surface area (Å²) in [6.45, 7) is 7.31. The van der Waals surface area contributed by atoms with Crippen LogP contribution in [0.15, 0.2) is 16.9 Å². The first-order valence-corrected chi connectivity index (χ1v) is 8.05. The van der Waals surface area contributed by atoms with Crippen LogP contribution in [-0.2, 0) is 11.2 Å². The minimum atomic E-state index is 0.177. The van der Waals surface area contributed by atoms with Crippen molar-refractivity contribution in [3.8, 4) is 0 Å². The molecule has 1 aliphatic rings. The highest BCUT2D eigenvalue weighted by atomic mass is 16.5. The molecule has 126 valence electrons. The van der Waals surface area contributed by atoms with Gasteiger partial charge in [-0.25, -0.2) is 0 Å². The van der Waals surface area contributed by atoms with Gasteiger partial charge in [0.25, 0.3) is 0 Å². The first kappa shape index (κ1) is 15.1. The van der Waals surface area contributed by atoms with Gasteiger partial charge in [-0.05, 0) is 26.3 Å². The molecule has 0 unspecified atom stereocenters. The summed E-state index contributed by atoms with van der Waals surface area (Å²) in [5.74, 6) is 1.21. The largest absolute Gasteiger partial charge is 0.379 e. The second-order valence-electron chi connectivity index (χ2n) is 6.37. The van der Waals surface area contributed by atoms with Gasteiger partial charge in [0, 0.05) is 18.4 Å². The van der Waals surface area contributed by atoms with Crippen molar-refractivity contribution in [3.05, 3.63) is 35.1 Å². The van der Waals surface area contributed by atoms with E-state index in [0.29, 0.717) is 19.1 Å². The molecule has 0 saturated carbocycles. The van der Waals surface area contributed by atoms with E-state index in [2.05, 4.69) is 25.8 Å². The lowest BCUT2D eigenvalue weighted by molar-refractivity contribution is 0.183. The Hall–Kier alpha value is -2.48. The van der Waals surface area contributed by atoms with E-state index in [1.165, 1.54) is 0 Å². The molecule has 0 bridgehead atoms. The Morgan fingerprint density at radius 3 is 2.96 bits per heavy atom. The molecule has 2 atom stereocenters. The number of aromatic nitrogens is 5. The Morgan fingerprint density at radius 1 is 1.29 bits per heavy atom. The van der Waals surface area contributed by atoms with E-state index < -0.39 is 0 Å². The highest BCUT2D eigenvalue weighted by Gasteiger charge is 2.30. The molecule has 8 nitrogen and oxygen atoms in total. The van der Waals surface area contributed by atoms with Gasteiger partial charge in [0.05, 0.1) is 36.3 Å². The van der Waals surface area contributed by atoms with Crippen molar-refractivity contribution in [1.82, 2.24) is 25.0 Å². The highest BCUT2D eigenvalue weighted by molar-refractivity contribution is 5.71. The van der Waals surface area contributed by atoms with Gasteiger partial charge in [-0.1, -0.05) is 5.16 Å². The van der Waals surface area contributed by atoms with Crippen molar-refractivity contribution in [2.45, 2.75) is 33.2 Å². The van der Waals surface area contributed by atoms with Crippen molar-refractivity contribution in [1.29, 1.82) is 0 Å². The summed E-state index contributed by atoms with van der Waals surface area (Å²) in [6.07, 6.45) is 2.41. The Morgan fingerprint density at radius 2 is 2.17 bits per heavy atom. The van der Waals surface area contributed by atoms with E-state index in [1.54, 1.807) is 10.8 Å². The van der Waals surface area contributed by atoms with Gasteiger partial charge in [-0.2, -0.15) is 9.61 Å². The minimum Gasteiger partial charge on any atom is -0.379 e. The van der Waals surface area contributed by atoms with Crippen molar-refractivity contribution in [3.63, 3.8) is 0 Å². The number of fused-ring (bicyclic) bond motifs is 1. The monoisotopic (exact) mass is 328 g/mol. The average Bonchev–Trinajstić information content (AvgIpc) is 3.27. The van der Waals surface area contributed by atoms with Crippen molar-refractivity contribution in [2.24, 2.45) is 5.92 Å². The molecular weight excluding hydrogens is 308 g/mol. The lowest BCUT2D eigenvalue weighted by atomic mass is 9.97. The maximum atomic E-state index is 5.70. The SMILES string of the molecule is Cc1cc(C[C@@H]2COC[C@@H]2Nc2c(C)c(C)nn3cnnc23)on1. The van der Waals surface area contributed by atoms with E-state index in [0.717, 1.165) is 40.5 Å². The number of rotatable bonds is 4. The lowest BCUT2D eigenvalue weighted by Crippen LogP contribution is -2.30. The summed E-state index contributed by atoms with van der Waals surface area (Å²) < 4.78 is 12.8. The first-order chi connectivity index (χ1) is 11.6. The summed E-state index contributed by atoms with van der Waals surface area (Å²) in [4.78, 5) is 0. The number of hydrogen-bond donors (Lipinski definition) is 1. The van der Waals surface area contributed by atoms with Gasteiger partial charge in [-0.15, -0.1) is 10.2 Å². The van der Waals surface area contributed by atoms with Crippen LogP contribution in [0.3, 0.4) is 0 Å². The van der Waals surface area contributed by atoms with Crippen molar-refractivity contribution in [2.75, 3.05) is 18.5 Å². The Balaban J connectivity index is 1.60. The Kier molecular flexibility index (Phi) is 3.68. The number of hydrogen-bond acceptors (Lipinski definition) is 7. The second kappa shape index (κ2) is 5.86. The predicted octanol–water partition coefficient (Wildman–Crippen LogP) is 1.71. The second-order valence-corrected chi connectivity index (χ2v) is 6.37. The summed E-state index contributed by atoms with van der Waals surface area (Å²) in [5.41, 5.74) is 4.63. The van der Waals surface area contributed by atoms with Crippen LogP contribution in [0, 0.1) is 26.7 Å². The van der Waals surface area contributed by atoms with E-state index in [1.807, 2.05) is 26.8 Å². The smallest absolute Gasteiger partial charge is 0.200 e. The first-order valence-electron chi connectivity index (χ1n) is 8.05. The molecular formula is C16H20N6O2. The lowest BCUT2D eigenvalue weighted by Gasteiger charge is -2.21. The van der Waals surface area contributed by atoms with Crippen molar-refractivity contribution >= 4 is 11.3 Å². The number of aryl methyl sites for hydroxylation is 2. The molecule has 8 heteroatoms. The zero-order valence-electron chi connectivity index (χ0n) is 14.0. The Bertz CT molecular complexity index is 871. The minimum absolute atomic E-state index is 0.177. The van der Waals surface area contributed by atoms with Gasteiger partial charge in [-0.3, -0.25) is 0 Å². The standard InChI is InChI=1S/C16H20N6O2/c1-9-4-13(24-21-9)5-12-6-23-7-14(12)18-15-10(2)11(3)20-22-8-17-19-16(15)22/h4,8,12,14,18H,5-7H2,1-3H3/t12-,14+/m1/s1. The van der Waals surface area contributed by atoms with Crippen LogP contribution in [0.1, 0.15) is 22.7 Å². The third-order valence-corrected chi connectivity index (χ3v) is 4.60. The molecule has 1 N–H and O–H groups in total. The Labute approximate surface area is 139 Å². The van der Waals surface area contributed by atoms with Crippen LogP contribution in [0.25, 0.3) is 5.65 Å². The van der Waals surface area contributed by atoms with E-state index in [4.69, 9.17) is 9.26 Å². The van der Waals surface area contributed by atoms with E-state index in [9.17, 15) is 0 Å². The van der Waals surface area contributed by atoms with Crippen LogP contribution in [-0.4, -0.2) is 44.2 Å². The molecule has 1 fully saturated rings. The topological polar surface area (TPSA) is 90.4 Å². The zero-order valence-corrected chi connectivity index (χ0v) is 14.0. The summed E-state index contributed by atoms with van der Waals surface area (Å²) in [5, 5.41) is 20.2. The molecule has 0 aliphatic carbocycles. The number of nitrogens with zero attached hydrogens (tertiary/aromatic N) is 5. The normalized spacial score (nSPS) is 20.8. The third-order valence-electron chi connectivity index (χ3n) is 4.60. The molecule has 4 rings (SSSR count). The molecule has 1 aliphatic heterocycles. The van der Waals surface area contributed by atoms with Crippen LogP contribution < -0.4 is 5.32 Å². The van der Waals surface area contributed by atoms with Gasteiger partial charge in [0.1, 0.15) is 12.1 Å². The van der Waals surface area contributed by atoms with Gasteiger partial charge in [0.15, 0.2) is 0 Å². The van der Waals surface area contributed by atoms with Crippen LogP contribution >= 0.6 is 0 Å². The van der Waals surface area contributed by atoms with Crippen LogP contribution in [0.2, 0.25) is 0 Å². The molecule has 0 spiro atoms. The number of ether oxygens (including phenoxy) is 1.